The minimum absolute atomic E-state index is 0.0233. The Bertz CT molecular complexity index is 1260. The van der Waals surface area contributed by atoms with E-state index in [0.717, 1.165) is 56.4 Å². The number of aryl methyl sites for hydroxylation is 1. The van der Waals surface area contributed by atoms with Crippen LogP contribution in [0.1, 0.15) is 65.8 Å². The van der Waals surface area contributed by atoms with E-state index in [9.17, 15) is 9.59 Å². The number of rotatable bonds is 0. The number of carbonyl (C=O) groups excluding carboxylic acids is 2. The molecule has 1 amide bonds. The number of nitrogens with zero attached hydrogens (tertiary/aromatic N) is 5. The van der Waals surface area contributed by atoms with E-state index in [1.807, 2.05) is 31.2 Å². The summed E-state index contributed by atoms with van der Waals surface area (Å²) in [4.78, 5) is 36.9. The van der Waals surface area contributed by atoms with Gasteiger partial charge in [-0.15, -0.1) is 0 Å². The van der Waals surface area contributed by atoms with E-state index in [1.54, 1.807) is 24.5 Å². The van der Waals surface area contributed by atoms with Gasteiger partial charge in [0, 0.05) is 36.0 Å². The van der Waals surface area contributed by atoms with Crippen LogP contribution in [0.3, 0.4) is 0 Å². The molecule has 34 heavy (non-hydrogen) atoms. The molecule has 0 atom stereocenters. The van der Waals surface area contributed by atoms with Crippen LogP contribution in [0.15, 0.2) is 53.8 Å². The SMILES string of the molecule is Cc1cc2cc(n1)-c1cnn(c1)C(=O)CCCCCCCCN1/C(=N/C2=O)Nc2ccccc21. The molecule has 0 fully saturated rings. The predicted molar refractivity (Wildman–Crippen MR) is 132 cm³/mol. The van der Waals surface area contributed by atoms with Gasteiger partial charge in [0.25, 0.3) is 5.91 Å². The van der Waals surface area contributed by atoms with E-state index >= 15 is 0 Å². The number of aromatic nitrogens is 3. The lowest BCUT2D eigenvalue weighted by molar-refractivity contribution is 0.0882. The maximum Gasteiger partial charge on any atom is 0.280 e. The summed E-state index contributed by atoms with van der Waals surface area (Å²) in [5, 5.41) is 7.55. The second kappa shape index (κ2) is 9.59. The number of hydrogen-bond acceptors (Lipinski definition) is 6. The number of carbonyl (C=O) groups is 2. The molecule has 0 saturated heterocycles. The van der Waals surface area contributed by atoms with Crippen molar-refractivity contribution in [1.82, 2.24) is 14.8 Å². The zero-order valence-corrected chi connectivity index (χ0v) is 19.3. The van der Waals surface area contributed by atoms with Gasteiger partial charge in [0.2, 0.25) is 11.9 Å². The molecule has 2 aliphatic rings. The summed E-state index contributed by atoms with van der Waals surface area (Å²) in [6, 6.07) is 11.5. The molecule has 4 bridgehead atoms. The van der Waals surface area contributed by atoms with Gasteiger partial charge in [-0.05, 0) is 44.0 Å². The Balaban J connectivity index is 1.51. The van der Waals surface area contributed by atoms with Crippen LogP contribution in [0.4, 0.5) is 11.4 Å². The van der Waals surface area contributed by atoms with Gasteiger partial charge < -0.3 is 10.2 Å². The largest absolute Gasteiger partial charge is 0.324 e. The summed E-state index contributed by atoms with van der Waals surface area (Å²) in [5.74, 6) is 0.192. The zero-order valence-electron chi connectivity index (χ0n) is 19.3. The number of benzene rings is 1. The molecule has 4 heterocycles. The molecule has 1 N–H and O–H groups in total. The van der Waals surface area contributed by atoms with Crippen LogP contribution < -0.4 is 10.2 Å². The number of fused-ring (bicyclic) bond motifs is 8. The molecule has 1 aromatic carbocycles. The van der Waals surface area contributed by atoms with E-state index in [0.29, 0.717) is 34.9 Å². The van der Waals surface area contributed by atoms with Gasteiger partial charge in [0.15, 0.2) is 0 Å². The minimum Gasteiger partial charge on any atom is -0.324 e. The van der Waals surface area contributed by atoms with Gasteiger partial charge in [0.05, 0.1) is 23.3 Å². The topological polar surface area (TPSA) is 92.5 Å². The lowest BCUT2D eigenvalue weighted by atomic mass is 10.1. The van der Waals surface area contributed by atoms with Crippen LogP contribution in [0.2, 0.25) is 0 Å². The molecule has 0 radical (unpaired) electrons. The van der Waals surface area contributed by atoms with Crippen LogP contribution >= 0.6 is 0 Å². The van der Waals surface area contributed by atoms with Crippen LogP contribution in [0.25, 0.3) is 11.3 Å². The molecule has 0 saturated carbocycles. The highest BCUT2D eigenvalue weighted by Crippen LogP contribution is 2.32. The highest BCUT2D eigenvalue weighted by atomic mass is 16.2. The molecule has 0 spiro atoms. The Morgan fingerprint density at radius 3 is 2.62 bits per heavy atom. The standard InChI is InChI=1S/C26H28N6O2/c1-18-14-19-15-22(28-18)20-16-27-32(17-20)24(33)12-6-4-2-3-5-9-13-31-23-11-8-7-10-21(23)29-26(31)30-25(19)34/h7-8,10-11,14-17H,2-6,9,12-13H2,1H3,(H,29,30,34). The molecular formula is C26H28N6O2. The van der Waals surface area contributed by atoms with Crippen molar-refractivity contribution in [2.75, 3.05) is 16.8 Å². The van der Waals surface area contributed by atoms with Crippen LogP contribution in [-0.2, 0) is 0 Å². The first-order chi connectivity index (χ1) is 16.6. The highest BCUT2D eigenvalue weighted by molar-refractivity contribution is 6.19. The number of nitrogens with one attached hydrogen (secondary N) is 1. The number of hydrogen-bond donors (Lipinski definition) is 1. The monoisotopic (exact) mass is 456 g/mol. The van der Waals surface area contributed by atoms with E-state index in [1.165, 1.54) is 4.68 Å². The number of anilines is 2. The van der Waals surface area contributed by atoms with Crippen molar-refractivity contribution in [3.05, 3.63) is 60.0 Å². The van der Waals surface area contributed by atoms with E-state index in [2.05, 4.69) is 25.3 Å². The second-order valence-corrected chi connectivity index (χ2v) is 8.86. The molecule has 0 unspecified atom stereocenters. The fourth-order valence-electron chi connectivity index (χ4n) is 4.49. The van der Waals surface area contributed by atoms with Crippen molar-refractivity contribution in [2.24, 2.45) is 4.99 Å². The lowest BCUT2D eigenvalue weighted by Gasteiger charge is -2.18. The molecule has 3 aromatic rings. The Kier molecular flexibility index (Phi) is 6.20. The molecule has 0 aliphatic carbocycles. The Hall–Kier alpha value is -3.81. The third kappa shape index (κ3) is 4.62. The first-order valence-electron chi connectivity index (χ1n) is 11.9. The Morgan fingerprint density at radius 2 is 1.74 bits per heavy atom. The van der Waals surface area contributed by atoms with Gasteiger partial charge in [-0.2, -0.15) is 10.1 Å². The number of amides is 1. The summed E-state index contributed by atoms with van der Waals surface area (Å²) in [6.07, 6.45) is 9.96. The molecule has 8 heteroatoms. The molecular weight excluding hydrogens is 428 g/mol. The van der Waals surface area contributed by atoms with Gasteiger partial charge >= 0.3 is 0 Å². The lowest BCUT2D eigenvalue weighted by Crippen LogP contribution is -2.32. The van der Waals surface area contributed by atoms with Crippen molar-refractivity contribution in [2.45, 2.75) is 51.9 Å². The Labute approximate surface area is 198 Å². The average Bonchev–Trinajstić information content (AvgIpc) is 3.45. The Morgan fingerprint density at radius 1 is 0.941 bits per heavy atom. The van der Waals surface area contributed by atoms with Gasteiger partial charge in [0.1, 0.15) is 0 Å². The summed E-state index contributed by atoms with van der Waals surface area (Å²) >= 11 is 0. The van der Waals surface area contributed by atoms with Crippen molar-refractivity contribution in [3.63, 3.8) is 0 Å². The minimum atomic E-state index is -0.339. The highest BCUT2D eigenvalue weighted by Gasteiger charge is 2.26. The summed E-state index contributed by atoms with van der Waals surface area (Å²) < 4.78 is 1.38. The number of aliphatic imine (C=N–C) groups is 1. The maximum atomic E-state index is 13.2. The third-order valence-corrected chi connectivity index (χ3v) is 6.26. The third-order valence-electron chi connectivity index (χ3n) is 6.26. The van der Waals surface area contributed by atoms with Crippen LogP contribution in [0.5, 0.6) is 0 Å². The van der Waals surface area contributed by atoms with E-state index in [-0.39, 0.29) is 11.8 Å². The quantitative estimate of drug-likeness (QED) is 0.508. The van der Waals surface area contributed by atoms with Crippen molar-refractivity contribution in [3.8, 4) is 11.3 Å². The molecule has 5 rings (SSSR count). The first-order valence-corrected chi connectivity index (χ1v) is 11.9. The second-order valence-electron chi connectivity index (χ2n) is 8.86. The average molecular weight is 457 g/mol. The van der Waals surface area contributed by atoms with E-state index in [4.69, 9.17) is 0 Å². The predicted octanol–water partition coefficient (Wildman–Crippen LogP) is 5.07. The molecule has 2 aliphatic heterocycles. The normalized spacial score (nSPS) is 18.6. The van der Waals surface area contributed by atoms with Crippen LogP contribution in [-0.4, -0.2) is 39.1 Å². The molecule has 2 aromatic heterocycles. The maximum absolute atomic E-state index is 13.2. The van der Waals surface area contributed by atoms with Gasteiger partial charge in [-0.3, -0.25) is 14.6 Å². The molecule has 8 nitrogen and oxygen atoms in total. The number of pyridine rings is 1. The smallest absolute Gasteiger partial charge is 0.280 e. The van der Waals surface area contributed by atoms with Crippen molar-refractivity contribution >= 4 is 29.1 Å². The summed E-state index contributed by atoms with van der Waals surface area (Å²) in [5.41, 5.74) is 4.44. The van der Waals surface area contributed by atoms with Crippen molar-refractivity contribution in [1.29, 1.82) is 0 Å². The number of para-hydroxylation sites is 2. The summed E-state index contributed by atoms with van der Waals surface area (Å²) in [7, 11) is 0. The van der Waals surface area contributed by atoms with Gasteiger partial charge in [-0.25, -0.2) is 4.68 Å². The van der Waals surface area contributed by atoms with Crippen LogP contribution in [0, 0.1) is 6.92 Å². The fourth-order valence-corrected chi connectivity index (χ4v) is 4.49. The molecule has 174 valence electrons. The summed E-state index contributed by atoms with van der Waals surface area (Å²) in [6.45, 7) is 2.63. The number of guanidine groups is 1. The zero-order chi connectivity index (χ0) is 23.5. The van der Waals surface area contributed by atoms with Crippen molar-refractivity contribution < 1.29 is 9.59 Å². The first kappa shape index (κ1) is 22.0. The fraction of sp³-hybridized carbons (Fsp3) is 0.346. The van der Waals surface area contributed by atoms with E-state index < -0.39 is 0 Å². The van der Waals surface area contributed by atoms with Gasteiger partial charge in [-0.1, -0.05) is 37.8 Å².